The Morgan fingerprint density at radius 3 is 2.25 bits per heavy atom. The standard InChI is InChI=1S/C26H27Cl2NO6S/c1-33-15-17-13-20(34-2)24(21(14-17)35-3)18-6-4-16(5-7-18)12-19(25(31)32)29-23(30)9-8-22-26(27,28)10-11-36-22/h4-11,13-14,19,22H,12,15H2,1-3H3,(H,29,30)(H,31,32)/t19-,22?/m0/s1. The molecule has 1 heterocycles. The minimum Gasteiger partial charge on any atom is -0.496 e. The van der Waals surface area contributed by atoms with Gasteiger partial charge in [0.1, 0.15) is 17.5 Å². The van der Waals surface area contributed by atoms with Crippen molar-refractivity contribution >= 4 is 46.8 Å². The number of carbonyl (C=O) groups excluding carboxylic acids is 1. The molecule has 0 spiro atoms. The molecule has 1 aliphatic heterocycles. The number of aliphatic carboxylic acids is 1. The molecule has 1 unspecified atom stereocenters. The number of methoxy groups -OCH3 is 3. The van der Waals surface area contributed by atoms with Crippen molar-refractivity contribution in [1.82, 2.24) is 5.32 Å². The largest absolute Gasteiger partial charge is 0.496 e. The maximum Gasteiger partial charge on any atom is 0.326 e. The van der Waals surface area contributed by atoms with Crippen LogP contribution in [0.25, 0.3) is 11.1 Å². The Kier molecular flexibility index (Phi) is 9.73. The third-order valence-corrected chi connectivity index (χ3v) is 7.59. The van der Waals surface area contributed by atoms with E-state index in [4.69, 9.17) is 37.4 Å². The van der Waals surface area contributed by atoms with Crippen molar-refractivity contribution in [2.45, 2.75) is 28.7 Å². The van der Waals surface area contributed by atoms with Gasteiger partial charge in [0, 0.05) is 19.6 Å². The second-order valence-corrected chi connectivity index (χ2v) is 10.5. The normalized spacial score (nSPS) is 17.2. The Morgan fingerprint density at radius 1 is 1.11 bits per heavy atom. The van der Waals surface area contributed by atoms with Gasteiger partial charge in [-0.15, -0.1) is 11.8 Å². The summed E-state index contributed by atoms with van der Waals surface area (Å²) in [6.45, 7) is 0.415. The monoisotopic (exact) mass is 551 g/mol. The lowest BCUT2D eigenvalue weighted by molar-refractivity contribution is -0.141. The Bertz CT molecular complexity index is 1120. The third kappa shape index (κ3) is 6.97. The number of benzene rings is 2. The van der Waals surface area contributed by atoms with E-state index in [0.717, 1.165) is 22.3 Å². The predicted molar refractivity (Wildman–Crippen MR) is 143 cm³/mol. The van der Waals surface area contributed by atoms with E-state index in [1.807, 2.05) is 36.4 Å². The number of allylic oxidation sites excluding steroid dienone is 1. The summed E-state index contributed by atoms with van der Waals surface area (Å²) in [6, 6.07) is 10.00. The highest BCUT2D eigenvalue weighted by molar-refractivity contribution is 8.03. The fourth-order valence-electron chi connectivity index (χ4n) is 3.71. The van der Waals surface area contributed by atoms with Gasteiger partial charge < -0.3 is 24.6 Å². The van der Waals surface area contributed by atoms with E-state index in [0.29, 0.717) is 18.1 Å². The number of amides is 1. The SMILES string of the molecule is COCc1cc(OC)c(-c2ccc(C[C@H](NC(=O)C=CC3SC=CC3(Cl)Cl)C(=O)O)cc2)c(OC)c1. The van der Waals surface area contributed by atoms with Crippen molar-refractivity contribution in [3.8, 4) is 22.6 Å². The number of rotatable bonds is 11. The van der Waals surface area contributed by atoms with Crippen molar-refractivity contribution in [3.63, 3.8) is 0 Å². The summed E-state index contributed by atoms with van der Waals surface area (Å²) in [6.07, 6.45) is 4.56. The smallest absolute Gasteiger partial charge is 0.326 e. The van der Waals surface area contributed by atoms with Gasteiger partial charge in [0.05, 0.1) is 31.6 Å². The molecule has 0 fully saturated rings. The molecule has 0 aliphatic carbocycles. The van der Waals surface area contributed by atoms with Crippen LogP contribution < -0.4 is 14.8 Å². The van der Waals surface area contributed by atoms with Gasteiger partial charge in [0.25, 0.3) is 0 Å². The second-order valence-electron chi connectivity index (χ2n) is 8.00. The molecule has 2 atom stereocenters. The van der Waals surface area contributed by atoms with Crippen LogP contribution in [-0.2, 0) is 27.4 Å². The average Bonchev–Trinajstić information content (AvgIpc) is 3.20. The number of ether oxygens (including phenoxy) is 3. The third-order valence-electron chi connectivity index (χ3n) is 5.49. The van der Waals surface area contributed by atoms with E-state index in [1.54, 1.807) is 38.9 Å². The quantitative estimate of drug-likeness (QED) is 0.300. The number of thioether (sulfide) groups is 1. The molecule has 0 radical (unpaired) electrons. The van der Waals surface area contributed by atoms with Crippen LogP contribution in [0, 0.1) is 0 Å². The fraction of sp³-hybridized carbons (Fsp3) is 0.308. The van der Waals surface area contributed by atoms with Crippen LogP contribution in [0.5, 0.6) is 11.5 Å². The minimum atomic E-state index is -1.14. The van der Waals surface area contributed by atoms with Crippen LogP contribution >= 0.6 is 35.0 Å². The number of hydrogen-bond acceptors (Lipinski definition) is 6. The molecule has 7 nitrogen and oxygen atoms in total. The van der Waals surface area contributed by atoms with Crippen molar-refractivity contribution in [2.75, 3.05) is 21.3 Å². The summed E-state index contributed by atoms with van der Waals surface area (Å²) in [4.78, 5) is 24.2. The van der Waals surface area contributed by atoms with Crippen molar-refractivity contribution in [3.05, 3.63) is 71.2 Å². The molecule has 2 aromatic rings. The van der Waals surface area contributed by atoms with Crippen molar-refractivity contribution < 1.29 is 28.9 Å². The molecular weight excluding hydrogens is 525 g/mol. The van der Waals surface area contributed by atoms with Crippen LogP contribution in [-0.4, -0.2) is 53.9 Å². The zero-order chi connectivity index (χ0) is 26.3. The molecule has 0 saturated heterocycles. The van der Waals surface area contributed by atoms with E-state index in [-0.39, 0.29) is 11.7 Å². The summed E-state index contributed by atoms with van der Waals surface area (Å²) in [5.41, 5.74) is 3.25. The molecule has 10 heteroatoms. The highest BCUT2D eigenvalue weighted by atomic mass is 35.5. The first-order valence-electron chi connectivity index (χ1n) is 10.9. The molecule has 1 amide bonds. The van der Waals surface area contributed by atoms with Gasteiger partial charge in [-0.05, 0) is 40.3 Å². The summed E-state index contributed by atoms with van der Waals surface area (Å²) in [5, 5.41) is 13.6. The topological polar surface area (TPSA) is 94.1 Å². The Hall–Kier alpha value is -2.65. The van der Waals surface area contributed by atoms with Crippen LogP contribution in [0.2, 0.25) is 0 Å². The fourth-order valence-corrected chi connectivity index (χ4v) is 5.33. The van der Waals surface area contributed by atoms with Gasteiger partial charge in [0.15, 0.2) is 4.33 Å². The minimum absolute atomic E-state index is 0.102. The number of carboxylic acid groups (broad SMARTS) is 1. The maximum atomic E-state index is 12.4. The van der Waals surface area contributed by atoms with Crippen LogP contribution in [0.4, 0.5) is 0 Å². The zero-order valence-corrected chi connectivity index (χ0v) is 22.3. The summed E-state index contributed by atoms with van der Waals surface area (Å²) >= 11 is 13.7. The summed E-state index contributed by atoms with van der Waals surface area (Å²) in [7, 11) is 4.78. The molecule has 192 valence electrons. The van der Waals surface area contributed by atoms with E-state index in [9.17, 15) is 14.7 Å². The van der Waals surface area contributed by atoms with Gasteiger partial charge in [-0.2, -0.15) is 0 Å². The second kappa shape index (κ2) is 12.5. The molecule has 2 aromatic carbocycles. The van der Waals surface area contributed by atoms with E-state index >= 15 is 0 Å². The molecule has 1 aliphatic rings. The molecule has 36 heavy (non-hydrogen) atoms. The summed E-state index contributed by atoms with van der Waals surface area (Å²) < 4.78 is 15.3. The van der Waals surface area contributed by atoms with Crippen molar-refractivity contribution in [1.29, 1.82) is 0 Å². The molecular formula is C26H27Cl2NO6S. The number of carbonyl (C=O) groups is 2. The number of nitrogens with one attached hydrogen (secondary N) is 1. The Labute approximate surface area is 224 Å². The van der Waals surface area contributed by atoms with Gasteiger partial charge in [-0.3, -0.25) is 4.79 Å². The average molecular weight is 552 g/mol. The molecule has 0 saturated carbocycles. The van der Waals surface area contributed by atoms with Crippen molar-refractivity contribution in [2.24, 2.45) is 0 Å². The van der Waals surface area contributed by atoms with E-state index in [1.165, 1.54) is 17.8 Å². The number of alkyl halides is 2. The number of hydrogen-bond donors (Lipinski definition) is 2. The first-order chi connectivity index (χ1) is 17.2. The lowest BCUT2D eigenvalue weighted by atomic mass is 9.98. The molecule has 0 aromatic heterocycles. The first-order valence-corrected chi connectivity index (χ1v) is 12.6. The molecule has 3 rings (SSSR count). The molecule has 0 bridgehead atoms. The lowest BCUT2D eigenvalue weighted by Gasteiger charge is -2.17. The van der Waals surface area contributed by atoms with Gasteiger partial charge >= 0.3 is 5.97 Å². The van der Waals surface area contributed by atoms with Gasteiger partial charge in [-0.25, -0.2) is 4.79 Å². The zero-order valence-electron chi connectivity index (χ0n) is 20.0. The highest BCUT2D eigenvalue weighted by Gasteiger charge is 2.34. The number of carboxylic acids is 1. The molecule has 2 N–H and O–H groups in total. The van der Waals surface area contributed by atoms with E-state index < -0.39 is 22.3 Å². The van der Waals surface area contributed by atoms with Crippen LogP contribution in [0.1, 0.15) is 11.1 Å². The lowest BCUT2D eigenvalue weighted by Crippen LogP contribution is -2.41. The maximum absolute atomic E-state index is 12.4. The highest BCUT2D eigenvalue weighted by Crippen LogP contribution is 2.42. The predicted octanol–water partition coefficient (Wildman–Crippen LogP) is 4.99. The van der Waals surface area contributed by atoms with E-state index in [2.05, 4.69) is 5.32 Å². The Balaban J connectivity index is 1.73. The van der Waals surface area contributed by atoms with Gasteiger partial charge in [-0.1, -0.05) is 53.5 Å². The van der Waals surface area contributed by atoms with Crippen LogP contribution in [0.3, 0.4) is 0 Å². The van der Waals surface area contributed by atoms with Gasteiger partial charge in [0.2, 0.25) is 5.91 Å². The first kappa shape index (κ1) is 27.9. The van der Waals surface area contributed by atoms with Crippen LogP contribution in [0.15, 0.2) is 60.0 Å². The Morgan fingerprint density at radius 2 is 1.75 bits per heavy atom. The number of halogens is 2. The summed E-state index contributed by atoms with van der Waals surface area (Å²) in [5.74, 6) is -0.421.